The van der Waals surface area contributed by atoms with Crippen molar-refractivity contribution in [2.24, 2.45) is 4.99 Å². The van der Waals surface area contributed by atoms with Crippen molar-refractivity contribution in [2.45, 2.75) is 26.8 Å². The smallest absolute Gasteiger partial charge is 0.0443 e. The highest BCUT2D eigenvalue weighted by atomic mass is 14.7. The van der Waals surface area contributed by atoms with E-state index in [0.29, 0.717) is 6.04 Å². The van der Waals surface area contributed by atoms with E-state index in [9.17, 15) is 0 Å². The molecule has 0 aromatic rings. The fraction of sp³-hybridized carbons (Fsp3) is 0.444. The molecule has 0 saturated heterocycles. The highest BCUT2D eigenvalue weighted by molar-refractivity contribution is 5.71. The van der Waals surface area contributed by atoms with Gasteiger partial charge >= 0.3 is 0 Å². The van der Waals surface area contributed by atoms with Crippen LogP contribution in [0.25, 0.3) is 0 Å². The normalized spacial score (nSPS) is 13.2. The van der Waals surface area contributed by atoms with Gasteiger partial charge in [-0.3, -0.25) is 4.99 Å². The minimum atomic E-state index is 0.398. The summed E-state index contributed by atoms with van der Waals surface area (Å²) in [7, 11) is 0. The molecule has 0 aliphatic carbocycles. The maximum atomic E-state index is 4.15. The molecule has 1 heteroatoms. The molecule has 0 aliphatic heterocycles. The quantitative estimate of drug-likeness (QED) is 0.419. The minimum absolute atomic E-state index is 0.398. The van der Waals surface area contributed by atoms with Gasteiger partial charge in [-0.2, -0.15) is 0 Å². The molecule has 1 nitrogen and oxygen atoms in total. The number of nitrogens with zero attached hydrogens (tertiary/aromatic N) is 1. The maximum absolute atomic E-state index is 4.15. The third kappa shape index (κ3) is 7.15. The average Bonchev–Trinajstić information content (AvgIpc) is 1.87. The Bertz CT molecular complexity index is 141. The van der Waals surface area contributed by atoms with Crippen LogP contribution in [0.1, 0.15) is 20.8 Å². The van der Waals surface area contributed by atoms with Gasteiger partial charge in [-0.25, -0.2) is 0 Å². The molecular formula is C9H15N. The van der Waals surface area contributed by atoms with E-state index in [2.05, 4.69) is 18.8 Å². The molecule has 0 aliphatic rings. The molecule has 0 saturated carbocycles. The van der Waals surface area contributed by atoms with Crippen LogP contribution in [-0.4, -0.2) is 12.3 Å². The molecule has 0 heterocycles. The van der Waals surface area contributed by atoms with Crippen LogP contribution in [0.5, 0.6) is 0 Å². The highest BCUT2D eigenvalue weighted by Gasteiger charge is 1.78. The Morgan fingerprint density at radius 1 is 1.10 bits per heavy atom. The molecule has 56 valence electrons. The van der Waals surface area contributed by atoms with Gasteiger partial charge < -0.3 is 0 Å². The minimum Gasteiger partial charge on any atom is -0.290 e. The van der Waals surface area contributed by atoms with Crippen LogP contribution >= 0.6 is 0 Å². The zero-order valence-corrected chi connectivity index (χ0v) is 6.91. The molecule has 10 heavy (non-hydrogen) atoms. The van der Waals surface area contributed by atoms with Gasteiger partial charge in [0.25, 0.3) is 0 Å². The second-order valence-electron chi connectivity index (χ2n) is 2.30. The van der Waals surface area contributed by atoms with Crippen molar-refractivity contribution >= 4 is 6.21 Å². The molecule has 0 unspecified atom stereocenters. The Morgan fingerprint density at radius 3 is 2.30 bits per heavy atom. The molecule has 0 N–H and O–H groups in total. The fourth-order valence-electron chi connectivity index (χ4n) is 0.447. The summed E-state index contributed by atoms with van der Waals surface area (Å²) in [5, 5.41) is 0. The van der Waals surface area contributed by atoms with E-state index in [1.54, 1.807) is 0 Å². The van der Waals surface area contributed by atoms with E-state index < -0.39 is 0 Å². The second kappa shape index (κ2) is 6.27. The van der Waals surface area contributed by atoms with Crippen LogP contribution < -0.4 is 0 Å². The predicted octanol–water partition coefficient (Wildman–Crippen LogP) is 2.60. The van der Waals surface area contributed by atoms with Crippen molar-refractivity contribution in [3.8, 4) is 0 Å². The molecule has 0 fully saturated rings. The van der Waals surface area contributed by atoms with Crippen LogP contribution in [0.15, 0.2) is 29.3 Å². The Balaban J connectivity index is 3.51. The van der Waals surface area contributed by atoms with Crippen molar-refractivity contribution in [1.29, 1.82) is 0 Å². The monoisotopic (exact) mass is 137 g/mol. The summed E-state index contributed by atoms with van der Waals surface area (Å²) >= 11 is 0. The lowest BCUT2D eigenvalue weighted by Gasteiger charge is -1.89. The molecular weight excluding hydrogens is 122 g/mol. The SMILES string of the molecule is C/C=C\C=C/C=NC(C)C. The first kappa shape index (κ1) is 9.15. The van der Waals surface area contributed by atoms with Gasteiger partial charge in [-0.05, 0) is 26.8 Å². The molecule has 0 amide bonds. The number of hydrogen-bond acceptors (Lipinski definition) is 1. The molecule has 0 atom stereocenters. The standard InChI is InChI=1S/C9H15N/c1-4-5-6-7-8-10-9(2)3/h4-9H,1-3H3/b5-4-,7-6-,10-8?. The van der Waals surface area contributed by atoms with E-state index in [-0.39, 0.29) is 0 Å². The fourth-order valence-corrected chi connectivity index (χ4v) is 0.447. The highest BCUT2D eigenvalue weighted by Crippen LogP contribution is 1.82. The van der Waals surface area contributed by atoms with Crippen LogP contribution in [0.3, 0.4) is 0 Å². The van der Waals surface area contributed by atoms with Crippen LogP contribution in [0.4, 0.5) is 0 Å². The van der Waals surface area contributed by atoms with Crippen molar-refractivity contribution in [1.82, 2.24) is 0 Å². The third-order valence-electron chi connectivity index (χ3n) is 0.885. The summed E-state index contributed by atoms with van der Waals surface area (Å²) in [6.07, 6.45) is 9.68. The third-order valence-corrected chi connectivity index (χ3v) is 0.885. The van der Waals surface area contributed by atoms with Crippen LogP contribution in [0, 0.1) is 0 Å². The zero-order chi connectivity index (χ0) is 7.82. The largest absolute Gasteiger partial charge is 0.290 e. The van der Waals surface area contributed by atoms with Crippen molar-refractivity contribution < 1.29 is 0 Å². The lowest BCUT2D eigenvalue weighted by Crippen LogP contribution is -1.86. The summed E-state index contributed by atoms with van der Waals surface area (Å²) in [5.41, 5.74) is 0. The molecule has 0 rings (SSSR count). The predicted molar refractivity (Wildman–Crippen MR) is 47.6 cm³/mol. The van der Waals surface area contributed by atoms with Gasteiger partial charge in [0.1, 0.15) is 0 Å². The molecule has 0 spiro atoms. The van der Waals surface area contributed by atoms with E-state index in [1.165, 1.54) is 0 Å². The maximum Gasteiger partial charge on any atom is 0.0443 e. The topological polar surface area (TPSA) is 12.4 Å². The van der Waals surface area contributed by atoms with Gasteiger partial charge in [0.15, 0.2) is 0 Å². The van der Waals surface area contributed by atoms with Crippen molar-refractivity contribution in [3.63, 3.8) is 0 Å². The van der Waals surface area contributed by atoms with Crippen LogP contribution in [0.2, 0.25) is 0 Å². The summed E-state index contributed by atoms with van der Waals surface area (Å²) in [5.74, 6) is 0. The molecule has 0 aromatic carbocycles. The number of hydrogen-bond donors (Lipinski definition) is 0. The number of rotatable bonds is 3. The summed E-state index contributed by atoms with van der Waals surface area (Å²) < 4.78 is 0. The number of allylic oxidation sites excluding steroid dienone is 4. The Hall–Kier alpha value is -0.850. The Kier molecular flexibility index (Phi) is 5.74. The Morgan fingerprint density at radius 2 is 1.80 bits per heavy atom. The summed E-state index contributed by atoms with van der Waals surface area (Å²) in [6.45, 7) is 6.10. The van der Waals surface area contributed by atoms with E-state index in [4.69, 9.17) is 0 Å². The molecule has 0 radical (unpaired) electrons. The van der Waals surface area contributed by atoms with Crippen LogP contribution in [-0.2, 0) is 0 Å². The van der Waals surface area contributed by atoms with E-state index in [1.807, 2.05) is 37.4 Å². The van der Waals surface area contributed by atoms with Gasteiger partial charge in [0.2, 0.25) is 0 Å². The summed E-state index contributed by atoms with van der Waals surface area (Å²) in [6, 6.07) is 0.398. The lowest BCUT2D eigenvalue weighted by molar-refractivity contribution is 0.842. The molecule has 0 bridgehead atoms. The van der Waals surface area contributed by atoms with Crippen molar-refractivity contribution in [3.05, 3.63) is 24.3 Å². The van der Waals surface area contributed by atoms with Gasteiger partial charge in [0, 0.05) is 12.3 Å². The van der Waals surface area contributed by atoms with E-state index >= 15 is 0 Å². The van der Waals surface area contributed by atoms with Gasteiger partial charge in [0.05, 0.1) is 0 Å². The first-order valence-electron chi connectivity index (χ1n) is 3.58. The lowest BCUT2D eigenvalue weighted by atomic mass is 10.4. The van der Waals surface area contributed by atoms with Gasteiger partial charge in [-0.1, -0.05) is 18.2 Å². The Labute approximate surface area is 63.2 Å². The first-order chi connectivity index (χ1) is 4.77. The first-order valence-corrected chi connectivity index (χ1v) is 3.58. The summed E-state index contributed by atoms with van der Waals surface area (Å²) in [4.78, 5) is 4.15. The van der Waals surface area contributed by atoms with E-state index in [0.717, 1.165) is 0 Å². The second-order valence-corrected chi connectivity index (χ2v) is 2.30. The average molecular weight is 137 g/mol. The van der Waals surface area contributed by atoms with Crippen molar-refractivity contribution in [2.75, 3.05) is 0 Å². The molecule has 0 aromatic heterocycles. The number of aliphatic imine (C=N–C) groups is 1. The zero-order valence-electron chi connectivity index (χ0n) is 6.91. The van der Waals surface area contributed by atoms with Gasteiger partial charge in [-0.15, -0.1) is 0 Å².